The molecular formula is AlCa3Na3P4. The van der Waals surface area contributed by atoms with Gasteiger partial charge in [0.15, 0.2) is 0 Å². The Morgan fingerprint density at radius 3 is 0.364 bits per heavy atom. The molecule has 0 radical (unpaired) electrons. The van der Waals surface area contributed by atoms with Crippen molar-refractivity contribution in [3.05, 3.63) is 0 Å². The summed E-state index contributed by atoms with van der Waals surface area (Å²) in [7, 11) is 0. The molecule has 0 saturated carbocycles. The van der Waals surface area contributed by atoms with Crippen LogP contribution in [-0.2, 0) is 0 Å². The fourth-order valence-electron chi connectivity index (χ4n) is 0. The third-order valence-electron chi connectivity index (χ3n) is 0. The van der Waals surface area contributed by atoms with Gasteiger partial charge in [-0.25, -0.2) is 0 Å². The Morgan fingerprint density at radius 2 is 0.364 bits per heavy atom. The van der Waals surface area contributed by atoms with Crippen LogP contribution in [0.4, 0.5) is 0 Å². The fraction of sp³-hybridized carbons (Fsp3) is 0. The van der Waals surface area contributed by atoms with Crippen LogP contribution in [0, 0.1) is 0 Å². The Labute approximate surface area is 251 Å². The van der Waals surface area contributed by atoms with Crippen molar-refractivity contribution in [2.24, 2.45) is 0 Å². The maximum atomic E-state index is 0. The van der Waals surface area contributed by atoms with Crippen molar-refractivity contribution in [2.45, 2.75) is 0 Å². The van der Waals surface area contributed by atoms with Crippen LogP contribution in [0.3, 0.4) is 0 Å². The second-order valence-electron chi connectivity index (χ2n) is 0. The molecule has 0 fully saturated rings. The molecule has 0 aromatic rings. The van der Waals surface area contributed by atoms with Crippen molar-refractivity contribution in [2.75, 3.05) is 0 Å². The number of hydrogen-bond acceptors (Lipinski definition) is 0. The molecule has 0 saturated heterocycles. The molecule has 0 nitrogen and oxygen atoms in total. The van der Waals surface area contributed by atoms with E-state index in [0.717, 1.165) is 0 Å². The van der Waals surface area contributed by atoms with Crippen LogP contribution in [0.15, 0.2) is 0 Å². The molecule has 11 heteroatoms. The van der Waals surface area contributed by atoms with Crippen LogP contribution in [0.25, 0.3) is 0 Å². The second-order valence-corrected chi connectivity index (χ2v) is 0. The maximum Gasteiger partial charge on any atom is 3.00 e. The van der Waals surface area contributed by atoms with E-state index >= 15 is 0 Å². The van der Waals surface area contributed by atoms with E-state index in [1.165, 1.54) is 0 Å². The Kier molecular flexibility index (Phi) is 613. The summed E-state index contributed by atoms with van der Waals surface area (Å²) in [5, 5.41) is 0. The molecular weight excluding hydrogens is 340 g/mol. The van der Waals surface area contributed by atoms with Crippen LogP contribution >= 0.6 is 39.6 Å². The van der Waals surface area contributed by atoms with Crippen molar-refractivity contribution >= 4 is 170 Å². The molecule has 0 heterocycles. The van der Waals surface area contributed by atoms with E-state index in [0.29, 0.717) is 0 Å². The smallest absolute Gasteiger partial charge is 3.00 e. The third kappa shape index (κ3) is 67.7. The van der Waals surface area contributed by atoms with Crippen molar-refractivity contribution < 1.29 is 88.7 Å². The summed E-state index contributed by atoms with van der Waals surface area (Å²) < 4.78 is 0. The van der Waals surface area contributed by atoms with Gasteiger partial charge in [0.05, 0.1) is 0 Å². The van der Waals surface area contributed by atoms with E-state index in [-0.39, 0.29) is 259 Å². The van der Waals surface area contributed by atoms with Gasteiger partial charge in [-0.2, -0.15) is 0 Å². The third-order valence-corrected chi connectivity index (χ3v) is 0. The minimum absolute atomic E-state index is 0. The van der Waals surface area contributed by atoms with E-state index < -0.39 is 0 Å². The molecule has 0 aliphatic rings. The van der Waals surface area contributed by atoms with Gasteiger partial charge in [0.1, 0.15) is 0 Å². The summed E-state index contributed by atoms with van der Waals surface area (Å²) in [4.78, 5) is 0. The van der Waals surface area contributed by atoms with Crippen LogP contribution < -0.4 is 88.7 Å². The fourth-order valence-corrected chi connectivity index (χ4v) is 0. The molecule has 0 spiro atoms. The second kappa shape index (κ2) is 75.9. The molecule has 11 heavy (non-hydrogen) atoms. The van der Waals surface area contributed by atoms with Gasteiger partial charge < -0.3 is 39.6 Å². The zero-order valence-electron chi connectivity index (χ0n) is 7.49. The van der Waals surface area contributed by atoms with Gasteiger partial charge in [-0.3, -0.25) is 0 Å². The van der Waals surface area contributed by atoms with Crippen molar-refractivity contribution in [3.63, 3.8) is 0 Å². The molecule has 0 amide bonds. The van der Waals surface area contributed by atoms with E-state index in [4.69, 9.17) is 0 Å². The predicted molar refractivity (Wildman–Crippen MR) is 50.7 cm³/mol. The van der Waals surface area contributed by atoms with Gasteiger partial charge in [-0.1, -0.05) is 0 Å². The summed E-state index contributed by atoms with van der Waals surface area (Å²) in [6, 6.07) is 0. The van der Waals surface area contributed by atoms with E-state index in [2.05, 4.69) is 0 Å². The Hall–Kier alpha value is 9.03. The minimum Gasteiger partial charge on any atom is -3.00 e. The van der Waals surface area contributed by atoms with E-state index in [9.17, 15) is 0 Å². The molecule has 0 aliphatic heterocycles. The SMILES string of the molecule is [Al+3].[Ca+2].[Ca+2].[Ca+2].[Na+].[Na+].[Na+].[P-3].[P-3].[P-3].[P-3]. The largest absolute Gasteiger partial charge is 3.00 e. The zero-order valence-corrected chi connectivity index (χ0v) is 24.8. The topological polar surface area (TPSA) is 0 Å². The van der Waals surface area contributed by atoms with Gasteiger partial charge in [-0.05, 0) is 0 Å². The van der Waals surface area contributed by atoms with Crippen LogP contribution in [0.2, 0.25) is 0 Å². The van der Waals surface area contributed by atoms with Crippen molar-refractivity contribution in [3.8, 4) is 0 Å². The van der Waals surface area contributed by atoms with Crippen LogP contribution in [-0.4, -0.2) is 131 Å². The van der Waals surface area contributed by atoms with Crippen molar-refractivity contribution in [1.82, 2.24) is 0 Å². The minimum atomic E-state index is 0. The van der Waals surface area contributed by atoms with Gasteiger partial charge in [-0.15, -0.1) is 0 Å². The summed E-state index contributed by atoms with van der Waals surface area (Å²) in [5.74, 6) is 0. The monoisotopic (exact) mass is 340 g/mol. The molecule has 0 aliphatic carbocycles. The summed E-state index contributed by atoms with van der Waals surface area (Å²) >= 11 is 0. The first-order valence-electron chi connectivity index (χ1n) is 0. The molecule has 0 bridgehead atoms. The first kappa shape index (κ1) is 88.9. The van der Waals surface area contributed by atoms with Gasteiger partial charge in [0.25, 0.3) is 0 Å². The summed E-state index contributed by atoms with van der Waals surface area (Å²) in [6.45, 7) is 0. The molecule has 0 unspecified atom stereocenters. The summed E-state index contributed by atoms with van der Waals surface area (Å²) in [5.41, 5.74) is 0. The first-order chi connectivity index (χ1) is 0. The molecule has 0 rings (SSSR count). The van der Waals surface area contributed by atoms with Gasteiger partial charge >= 0.3 is 219 Å². The molecule has 32 valence electrons. The molecule has 0 aromatic carbocycles. The van der Waals surface area contributed by atoms with Crippen LogP contribution in [0.5, 0.6) is 0 Å². The molecule has 0 aromatic heterocycles. The Balaban J connectivity index is 0. The molecule has 0 N–H and O–H groups in total. The Morgan fingerprint density at radius 1 is 0.364 bits per heavy atom. The molecule has 0 atom stereocenters. The zero-order chi connectivity index (χ0) is 0. The Bertz CT molecular complexity index is 20.5. The van der Waals surface area contributed by atoms with Crippen LogP contribution in [0.1, 0.15) is 0 Å². The number of hydrogen-bond donors (Lipinski definition) is 0. The van der Waals surface area contributed by atoms with Gasteiger partial charge in [0, 0.05) is 0 Å². The first-order valence-corrected chi connectivity index (χ1v) is 0. The van der Waals surface area contributed by atoms with Crippen molar-refractivity contribution in [1.29, 1.82) is 0 Å². The average molecular weight is 340 g/mol. The standard InChI is InChI=1S/Al.3Ca.3Na.4P/q+3;3*+2;3*+1;4*-3. The average Bonchev–Trinajstić information content (AvgIpc) is 0. The quantitative estimate of drug-likeness (QED) is 0.304. The summed E-state index contributed by atoms with van der Waals surface area (Å²) in [6.07, 6.45) is 0. The predicted octanol–water partition coefficient (Wildman–Crippen LogP) is -7.07. The normalized spacial score (nSPS) is 0. The van der Waals surface area contributed by atoms with Gasteiger partial charge in [0.2, 0.25) is 0 Å². The maximum absolute atomic E-state index is 0. The van der Waals surface area contributed by atoms with E-state index in [1.54, 1.807) is 0 Å². The number of rotatable bonds is 0. The van der Waals surface area contributed by atoms with E-state index in [1.807, 2.05) is 0 Å².